The third-order valence-electron chi connectivity index (χ3n) is 4.73. The lowest BCUT2D eigenvalue weighted by atomic mass is 10.2. The Bertz CT molecular complexity index is 1270. The largest absolute Gasteiger partial charge is 0.318 e. The summed E-state index contributed by atoms with van der Waals surface area (Å²) in [6, 6.07) is 16.2. The Morgan fingerprint density at radius 2 is 1.88 bits per heavy atom. The number of anilines is 1. The van der Waals surface area contributed by atoms with Gasteiger partial charge in [-0.3, -0.25) is 9.10 Å². The summed E-state index contributed by atoms with van der Waals surface area (Å²) in [5, 5.41) is 4.68. The number of aryl methyl sites for hydroxylation is 1. The van der Waals surface area contributed by atoms with E-state index < -0.39 is 22.5 Å². The van der Waals surface area contributed by atoms with Crippen molar-refractivity contribution in [2.75, 3.05) is 17.1 Å². The fourth-order valence-electron chi connectivity index (χ4n) is 3.28. The van der Waals surface area contributed by atoms with Gasteiger partial charge in [0.2, 0.25) is 10.0 Å². The van der Waals surface area contributed by atoms with Gasteiger partial charge in [-0.15, -0.1) is 0 Å². The van der Waals surface area contributed by atoms with E-state index in [1.165, 1.54) is 6.21 Å². The van der Waals surface area contributed by atoms with Crippen LogP contribution in [0.15, 0.2) is 64.2 Å². The van der Waals surface area contributed by atoms with Gasteiger partial charge >= 0.3 is 0 Å². The average molecular weight is 538 g/mol. The second-order valence-corrected chi connectivity index (χ2v) is 10.4. The van der Waals surface area contributed by atoms with Crippen molar-refractivity contribution in [3.05, 3.63) is 81.0 Å². The van der Waals surface area contributed by atoms with Crippen molar-refractivity contribution in [2.24, 2.45) is 5.10 Å². The summed E-state index contributed by atoms with van der Waals surface area (Å²) in [4.78, 5) is 12.4. The van der Waals surface area contributed by atoms with Gasteiger partial charge in [-0.2, -0.15) is 5.10 Å². The predicted octanol–water partition coefficient (Wildman–Crippen LogP) is 4.43. The summed E-state index contributed by atoms with van der Waals surface area (Å²) in [6.45, 7) is 3.53. The molecule has 2 aromatic carbocycles. The number of sulfonamides is 1. The van der Waals surface area contributed by atoms with E-state index in [0.717, 1.165) is 33.2 Å². The fraction of sp³-hybridized carbons (Fsp3) is 0.182. The lowest BCUT2D eigenvalue weighted by Crippen LogP contribution is -2.39. The molecule has 3 aromatic rings. The van der Waals surface area contributed by atoms with Gasteiger partial charge in [0.1, 0.15) is 6.54 Å². The molecule has 1 amide bonds. The van der Waals surface area contributed by atoms with Crippen LogP contribution in [0.1, 0.15) is 17.0 Å². The van der Waals surface area contributed by atoms with Crippen LogP contribution in [0.2, 0.25) is 5.02 Å². The van der Waals surface area contributed by atoms with Gasteiger partial charge in [0.05, 0.1) is 18.2 Å². The molecule has 0 spiro atoms. The molecule has 0 radical (unpaired) electrons. The Morgan fingerprint density at radius 3 is 2.50 bits per heavy atom. The summed E-state index contributed by atoms with van der Waals surface area (Å²) in [5.74, 6) is -0.557. The van der Waals surface area contributed by atoms with Gasteiger partial charge in [0, 0.05) is 32.1 Å². The van der Waals surface area contributed by atoms with Gasteiger partial charge in [-0.25, -0.2) is 13.8 Å². The highest BCUT2D eigenvalue weighted by Crippen LogP contribution is 2.23. The molecule has 0 fully saturated rings. The number of nitrogens with zero attached hydrogens (tertiary/aromatic N) is 3. The van der Waals surface area contributed by atoms with Gasteiger partial charge in [0.25, 0.3) is 5.91 Å². The van der Waals surface area contributed by atoms with Crippen LogP contribution in [0.5, 0.6) is 0 Å². The Kier molecular flexibility index (Phi) is 7.43. The maximum Gasteiger partial charge on any atom is 0.260 e. The van der Waals surface area contributed by atoms with Gasteiger partial charge < -0.3 is 4.57 Å². The van der Waals surface area contributed by atoms with Crippen LogP contribution in [0.25, 0.3) is 5.69 Å². The second-order valence-electron chi connectivity index (χ2n) is 7.18. The van der Waals surface area contributed by atoms with E-state index in [-0.39, 0.29) is 0 Å². The quantitative estimate of drug-likeness (QED) is 0.358. The number of hydrogen-bond acceptors (Lipinski definition) is 4. The molecule has 0 saturated carbocycles. The molecule has 0 aliphatic heterocycles. The minimum atomic E-state index is -3.66. The van der Waals surface area contributed by atoms with Crippen molar-refractivity contribution < 1.29 is 13.2 Å². The van der Waals surface area contributed by atoms with E-state index in [9.17, 15) is 13.2 Å². The number of benzene rings is 2. The molecule has 10 heteroatoms. The Hall–Kier alpha value is -2.62. The van der Waals surface area contributed by atoms with Crippen LogP contribution < -0.4 is 9.73 Å². The van der Waals surface area contributed by atoms with Gasteiger partial charge in [-0.05, 0) is 62.4 Å². The van der Waals surface area contributed by atoms with E-state index in [4.69, 9.17) is 11.6 Å². The SMILES string of the molecule is Cc1cc(/C=N\NC(=O)CN(c2cccc(Br)c2)S(C)(=O)=O)c(C)n1-c1ccc(Cl)cc1. The Labute approximate surface area is 200 Å². The van der Waals surface area contributed by atoms with Crippen LogP contribution in [0.3, 0.4) is 0 Å². The number of amides is 1. The van der Waals surface area contributed by atoms with Crippen LogP contribution in [0, 0.1) is 13.8 Å². The summed E-state index contributed by atoms with van der Waals surface area (Å²) < 4.78 is 28.2. The van der Waals surface area contributed by atoms with Gasteiger partial charge in [-0.1, -0.05) is 33.6 Å². The van der Waals surface area contributed by atoms with Crippen LogP contribution >= 0.6 is 27.5 Å². The molecule has 7 nitrogen and oxygen atoms in total. The highest BCUT2D eigenvalue weighted by atomic mass is 79.9. The predicted molar refractivity (Wildman–Crippen MR) is 132 cm³/mol. The summed E-state index contributed by atoms with van der Waals surface area (Å²) in [5.41, 5.74) is 6.51. The number of rotatable bonds is 7. The first-order valence-corrected chi connectivity index (χ1v) is 12.6. The molecular formula is C22H22BrClN4O3S. The van der Waals surface area contributed by atoms with Gasteiger partial charge in [0.15, 0.2) is 0 Å². The Balaban J connectivity index is 1.73. The molecule has 1 heterocycles. The third-order valence-corrected chi connectivity index (χ3v) is 6.62. The fourth-order valence-corrected chi connectivity index (χ4v) is 4.64. The zero-order valence-corrected chi connectivity index (χ0v) is 20.9. The van der Waals surface area contributed by atoms with Crippen LogP contribution in [-0.2, 0) is 14.8 Å². The number of carbonyl (C=O) groups excluding carboxylic acids is 1. The minimum absolute atomic E-state index is 0.382. The maximum atomic E-state index is 12.4. The molecule has 0 bridgehead atoms. The molecule has 0 saturated heterocycles. The zero-order chi connectivity index (χ0) is 23.5. The van der Waals surface area contributed by atoms with E-state index in [2.05, 4.69) is 31.0 Å². The van der Waals surface area contributed by atoms with Crippen molar-refractivity contribution >= 4 is 55.4 Å². The highest BCUT2D eigenvalue weighted by molar-refractivity contribution is 9.10. The molecule has 3 rings (SSSR count). The average Bonchev–Trinajstić information content (AvgIpc) is 2.99. The maximum absolute atomic E-state index is 12.4. The molecule has 0 atom stereocenters. The van der Waals surface area contributed by atoms with Crippen molar-refractivity contribution in [3.63, 3.8) is 0 Å². The molecule has 1 aromatic heterocycles. The number of aromatic nitrogens is 1. The Morgan fingerprint density at radius 1 is 1.19 bits per heavy atom. The van der Waals surface area contributed by atoms with E-state index in [1.54, 1.807) is 24.3 Å². The first-order chi connectivity index (χ1) is 15.1. The van der Waals surface area contributed by atoms with Crippen LogP contribution in [0.4, 0.5) is 5.69 Å². The minimum Gasteiger partial charge on any atom is -0.318 e. The molecular weight excluding hydrogens is 516 g/mol. The normalized spacial score (nSPS) is 11.7. The van der Waals surface area contributed by atoms with Crippen molar-refractivity contribution in [1.29, 1.82) is 0 Å². The zero-order valence-electron chi connectivity index (χ0n) is 17.7. The van der Waals surface area contributed by atoms with Crippen LogP contribution in [-0.4, -0.2) is 37.9 Å². The standard InChI is InChI=1S/C22H22BrClN4O3S/c1-15-11-17(16(2)28(15)20-9-7-19(24)8-10-20)13-25-26-22(29)14-27(32(3,30)31)21-6-4-5-18(23)12-21/h4-13H,14H2,1-3H3,(H,26,29)/b25-13-. The molecule has 0 aliphatic rings. The van der Waals surface area contributed by atoms with Crippen molar-refractivity contribution in [3.8, 4) is 5.69 Å². The lowest BCUT2D eigenvalue weighted by Gasteiger charge is -2.21. The number of hydrazone groups is 1. The number of nitrogens with one attached hydrogen (secondary N) is 1. The molecule has 0 unspecified atom stereocenters. The van der Waals surface area contributed by atoms with Crippen molar-refractivity contribution in [1.82, 2.24) is 9.99 Å². The molecule has 0 aliphatic carbocycles. The molecule has 1 N–H and O–H groups in total. The van der Waals surface area contributed by atoms with E-state index >= 15 is 0 Å². The number of halogens is 2. The lowest BCUT2D eigenvalue weighted by molar-refractivity contribution is -0.119. The number of carbonyl (C=O) groups is 1. The molecule has 168 valence electrons. The first kappa shape index (κ1) is 24.0. The second kappa shape index (κ2) is 9.89. The summed E-state index contributed by atoms with van der Waals surface area (Å²) in [7, 11) is -3.66. The molecule has 32 heavy (non-hydrogen) atoms. The van der Waals surface area contributed by atoms with Crippen molar-refractivity contribution in [2.45, 2.75) is 13.8 Å². The topological polar surface area (TPSA) is 83.8 Å². The first-order valence-electron chi connectivity index (χ1n) is 9.56. The monoisotopic (exact) mass is 536 g/mol. The summed E-state index contributed by atoms with van der Waals surface area (Å²) in [6.07, 6.45) is 2.59. The van der Waals surface area contributed by atoms with E-state index in [0.29, 0.717) is 15.2 Å². The smallest absolute Gasteiger partial charge is 0.260 e. The number of hydrogen-bond donors (Lipinski definition) is 1. The summed E-state index contributed by atoms with van der Waals surface area (Å²) >= 11 is 9.29. The highest BCUT2D eigenvalue weighted by Gasteiger charge is 2.21. The third kappa shape index (κ3) is 5.79. The van der Waals surface area contributed by atoms with E-state index in [1.807, 2.05) is 44.2 Å².